The highest BCUT2D eigenvalue weighted by atomic mass is 32.2. The van der Waals surface area contributed by atoms with E-state index in [9.17, 15) is 21.6 Å². The van der Waals surface area contributed by atoms with Crippen LogP contribution in [-0.2, 0) is 20.0 Å². The van der Waals surface area contributed by atoms with Crippen LogP contribution in [0.15, 0.2) is 48.5 Å². The van der Waals surface area contributed by atoms with Gasteiger partial charge >= 0.3 is 0 Å². The van der Waals surface area contributed by atoms with Gasteiger partial charge in [0, 0.05) is 23.5 Å². The average molecular weight is 438 g/mol. The van der Waals surface area contributed by atoms with Gasteiger partial charge in [-0.05, 0) is 55.3 Å². The summed E-state index contributed by atoms with van der Waals surface area (Å²) in [6.45, 7) is 2.19. The van der Waals surface area contributed by atoms with Crippen molar-refractivity contribution in [3.05, 3.63) is 54.1 Å². The summed E-state index contributed by atoms with van der Waals surface area (Å²) in [4.78, 5) is 12.6. The van der Waals surface area contributed by atoms with Crippen LogP contribution in [-0.4, -0.2) is 40.8 Å². The molecule has 29 heavy (non-hydrogen) atoms. The summed E-state index contributed by atoms with van der Waals surface area (Å²) >= 11 is 0. The van der Waals surface area contributed by atoms with Gasteiger partial charge < -0.3 is 5.32 Å². The molecule has 1 heterocycles. The van der Waals surface area contributed by atoms with Crippen LogP contribution < -0.4 is 14.3 Å². The third kappa shape index (κ3) is 5.27. The highest BCUT2D eigenvalue weighted by molar-refractivity contribution is 7.93. The Morgan fingerprint density at radius 1 is 1.10 bits per heavy atom. The molecule has 1 amide bonds. The molecule has 2 aromatic rings. The molecule has 1 fully saturated rings. The van der Waals surface area contributed by atoms with Crippen LogP contribution in [0, 0.1) is 0 Å². The van der Waals surface area contributed by atoms with E-state index in [1.54, 1.807) is 55.5 Å². The predicted molar refractivity (Wildman–Crippen MR) is 114 cm³/mol. The van der Waals surface area contributed by atoms with E-state index in [2.05, 4.69) is 10.0 Å². The van der Waals surface area contributed by atoms with E-state index in [4.69, 9.17) is 0 Å². The molecule has 0 atom stereocenters. The minimum absolute atomic E-state index is 0.0363. The number of amides is 1. The molecule has 0 spiro atoms. The molecular weight excluding hydrogens is 414 g/mol. The molecule has 2 N–H and O–H groups in total. The van der Waals surface area contributed by atoms with Crippen molar-refractivity contribution in [3.63, 3.8) is 0 Å². The molecule has 10 heteroatoms. The molecule has 0 aliphatic carbocycles. The summed E-state index contributed by atoms with van der Waals surface area (Å²) in [6, 6.07) is 12.8. The van der Waals surface area contributed by atoms with Gasteiger partial charge in [0.1, 0.15) is 0 Å². The minimum atomic E-state index is -3.38. The van der Waals surface area contributed by atoms with Crippen molar-refractivity contribution in [3.8, 4) is 0 Å². The van der Waals surface area contributed by atoms with Gasteiger partial charge in [-0.15, -0.1) is 0 Å². The van der Waals surface area contributed by atoms with Crippen molar-refractivity contribution in [2.75, 3.05) is 32.4 Å². The average Bonchev–Trinajstić information content (AvgIpc) is 3.02. The summed E-state index contributed by atoms with van der Waals surface area (Å²) in [5, 5.41) is 2.73. The minimum Gasteiger partial charge on any atom is -0.322 e. The van der Waals surface area contributed by atoms with Crippen LogP contribution >= 0.6 is 0 Å². The lowest BCUT2D eigenvalue weighted by Gasteiger charge is -2.17. The maximum atomic E-state index is 12.6. The van der Waals surface area contributed by atoms with Gasteiger partial charge in [0.25, 0.3) is 5.91 Å². The lowest BCUT2D eigenvalue weighted by Crippen LogP contribution is -2.25. The number of sulfonamides is 2. The third-order valence-corrected chi connectivity index (χ3v) is 7.75. The molecule has 0 unspecified atom stereocenters. The lowest BCUT2D eigenvalue weighted by atomic mass is 10.1. The molecule has 0 saturated carbocycles. The first-order chi connectivity index (χ1) is 13.7. The van der Waals surface area contributed by atoms with Crippen LogP contribution in [0.1, 0.15) is 30.1 Å². The Bertz CT molecular complexity index is 1100. The quantitative estimate of drug-likeness (QED) is 0.691. The Labute approximate surface area is 171 Å². The second-order valence-corrected chi connectivity index (χ2v) is 10.6. The van der Waals surface area contributed by atoms with E-state index in [0.717, 1.165) is 0 Å². The van der Waals surface area contributed by atoms with Gasteiger partial charge in [-0.3, -0.25) is 13.8 Å². The number of hydrogen-bond acceptors (Lipinski definition) is 5. The molecule has 0 bridgehead atoms. The highest BCUT2D eigenvalue weighted by Crippen LogP contribution is 2.25. The van der Waals surface area contributed by atoms with Crippen LogP contribution in [0.3, 0.4) is 0 Å². The number of hydrogen-bond donors (Lipinski definition) is 2. The number of carbonyl (C=O) groups excluding carboxylic acids is 1. The molecular formula is C19H23N3O5S2. The fraction of sp³-hybridized carbons (Fsp3) is 0.316. The molecule has 0 aromatic heterocycles. The first kappa shape index (κ1) is 21.1. The molecule has 2 aromatic carbocycles. The largest absolute Gasteiger partial charge is 0.322 e. The van der Waals surface area contributed by atoms with Gasteiger partial charge in [0.2, 0.25) is 20.0 Å². The molecule has 156 valence electrons. The number of rotatable bonds is 7. The number of carbonyl (C=O) groups is 1. The molecule has 0 radical (unpaired) electrons. The van der Waals surface area contributed by atoms with E-state index >= 15 is 0 Å². The fourth-order valence-corrected chi connectivity index (χ4v) is 5.75. The molecule has 1 aliphatic heterocycles. The Kier molecular flexibility index (Phi) is 6.13. The zero-order valence-corrected chi connectivity index (χ0v) is 17.6. The maximum absolute atomic E-state index is 12.6. The second kappa shape index (κ2) is 8.42. The highest BCUT2D eigenvalue weighted by Gasteiger charge is 2.28. The Morgan fingerprint density at radius 2 is 1.79 bits per heavy atom. The standard InChI is InChI=1S/C19H23N3O5S2/c1-2-12-28(24,25)21-17-9-7-16(8-10-17)20-19(23)15-5-3-6-18(14-15)22-11-4-13-29(22,26)27/h3,5-10,14,21H,2,4,11-13H2,1H3,(H,20,23). The molecule has 1 saturated heterocycles. The Balaban J connectivity index is 1.70. The van der Waals surface area contributed by atoms with E-state index in [-0.39, 0.29) is 17.4 Å². The fourth-order valence-electron chi connectivity index (χ4n) is 3.06. The smallest absolute Gasteiger partial charge is 0.255 e. The van der Waals surface area contributed by atoms with Gasteiger partial charge in [0.05, 0.1) is 17.2 Å². The number of nitrogens with zero attached hydrogens (tertiary/aromatic N) is 1. The lowest BCUT2D eigenvalue weighted by molar-refractivity contribution is 0.102. The van der Waals surface area contributed by atoms with E-state index in [1.165, 1.54) is 4.31 Å². The SMILES string of the molecule is CCCS(=O)(=O)Nc1ccc(NC(=O)c2cccc(N3CCCS3(=O)=O)c2)cc1. The van der Waals surface area contributed by atoms with Crippen molar-refractivity contribution in [1.82, 2.24) is 0 Å². The van der Waals surface area contributed by atoms with Gasteiger partial charge in [-0.2, -0.15) is 0 Å². The van der Waals surface area contributed by atoms with Crippen molar-refractivity contribution >= 4 is 43.0 Å². The van der Waals surface area contributed by atoms with Crippen LogP contribution in [0.4, 0.5) is 17.1 Å². The van der Waals surface area contributed by atoms with E-state index < -0.39 is 20.0 Å². The van der Waals surface area contributed by atoms with Crippen LogP contribution in [0.5, 0.6) is 0 Å². The van der Waals surface area contributed by atoms with Crippen LogP contribution in [0.25, 0.3) is 0 Å². The molecule has 8 nitrogen and oxygen atoms in total. The van der Waals surface area contributed by atoms with Crippen molar-refractivity contribution in [1.29, 1.82) is 0 Å². The summed E-state index contributed by atoms with van der Waals surface area (Å²) < 4.78 is 51.6. The van der Waals surface area contributed by atoms with E-state index in [1.807, 2.05) is 0 Å². The summed E-state index contributed by atoms with van der Waals surface area (Å²) in [5.41, 5.74) is 1.71. The zero-order chi connectivity index (χ0) is 21.1. The predicted octanol–water partition coefficient (Wildman–Crippen LogP) is 2.63. The van der Waals surface area contributed by atoms with Crippen molar-refractivity contribution < 1.29 is 21.6 Å². The Morgan fingerprint density at radius 3 is 2.41 bits per heavy atom. The van der Waals surface area contributed by atoms with Crippen molar-refractivity contribution in [2.24, 2.45) is 0 Å². The number of benzene rings is 2. The van der Waals surface area contributed by atoms with Gasteiger partial charge in [-0.25, -0.2) is 16.8 Å². The first-order valence-electron chi connectivity index (χ1n) is 9.22. The second-order valence-electron chi connectivity index (χ2n) is 6.74. The van der Waals surface area contributed by atoms with Gasteiger partial charge in [-0.1, -0.05) is 13.0 Å². The van der Waals surface area contributed by atoms with Crippen molar-refractivity contribution in [2.45, 2.75) is 19.8 Å². The first-order valence-corrected chi connectivity index (χ1v) is 12.5. The van der Waals surface area contributed by atoms with Gasteiger partial charge in [0.15, 0.2) is 0 Å². The monoisotopic (exact) mass is 437 g/mol. The zero-order valence-electron chi connectivity index (χ0n) is 16.0. The summed E-state index contributed by atoms with van der Waals surface area (Å²) in [6.07, 6.45) is 1.08. The van der Waals surface area contributed by atoms with Crippen LogP contribution in [0.2, 0.25) is 0 Å². The number of nitrogens with one attached hydrogen (secondary N) is 2. The molecule has 3 rings (SSSR count). The summed E-state index contributed by atoms with van der Waals surface area (Å²) in [7, 11) is -6.70. The normalized spacial score (nSPS) is 15.8. The Hall–Kier alpha value is -2.59. The maximum Gasteiger partial charge on any atom is 0.255 e. The van der Waals surface area contributed by atoms with E-state index in [0.29, 0.717) is 42.0 Å². The topological polar surface area (TPSA) is 113 Å². The third-order valence-electron chi connectivity index (χ3n) is 4.38. The summed E-state index contributed by atoms with van der Waals surface area (Å²) in [5.74, 6) is -0.241. The number of anilines is 3. The molecule has 1 aliphatic rings.